The summed E-state index contributed by atoms with van der Waals surface area (Å²) in [4.78, 5) is 44.0. The van der Waals surface area contributed by atoms with E-state index in [1.807, 2.05) is 161 Å². The van der Waals surface area contributed by atoms with Crippen molar-refractivity contribution in [1.82, 2.24) is 39.9 Å². The van der Waals surface area contributed by atoms with Crippen LogP contribution in [0.5, 0.6) is 0 Å². The van der Waals surface area contributed by atoms with Crippen molar-refractivity contribution in [3.8, 4) is 112 Å². The fraction of sp³-hybridized carbons (Fsp3) is 0. The van der Waals surface area contributed by atoms with Crippen LogP contribution in [0.3, 0.4) is 0 Å². The van der Waals surface area contributed by atoms with Gasteiger partial charge < -0.3 is 4.90 Å². The van der Waals surface area contributed by atoms with E-state index in [0.29, 0.717) is 0 Å². The molecule has 632 valence electrons. The molecule has 0 saturated carbocycles. The van der Waals surface area contributed by atoms with Crippen LogP contribution in [0.25, 0.3) is 237 Å². The van der Waals surface area contributed by atoms with Crippen LogP contribution in [0.15, 0.2) is 455 Å². The first-order valence-electron chi connectivity index (χ1n) is 45.0. The number of nitrogens with zero attached hydrogens (tertiary/aromatic N) is 9. The summed E-state index contributed by atoms with van der Waals surface area (Å²) in [5.74, 6) is 0. The quantitative estimate of drug-likeness (QED) is 0.112. The van der Waals surface area contributed by atoms with Crippen molar-refractivity contribution in [2.75, 3.05) is 4.90 Å². The monoisotopic (exact) mass is 1790 g/mol. The van der Waals surface area contributed by atoms with Crippen LogP contribution in [0.2, 0.25) is 0 Å². The molecule has 0 radical (unpaired) electrons. The molecule has 27 aromatic rings. The Bertz CT molecular complexity index is 9090. The van der Waals surface area contributed by atoms with Crippen molar-refractivity contribution >= 4 is 187 Å². The summed E-state index contributed by atoms with van der Waals surface area (Å²) in [6.45, 7) is 0. The third kappa shape index (κ3) is 14.9. The van der Waals surface area contributed by atoms with E-state index in [4.69, 9.17) is 39.9 Å². The molecule has 0 spiro atoms. The second-order valence-corrected chi connectivity index (χ2v) is 37.7. The number of hydrogen-bond acceptors (Lipinski definition) is 13. The SMILES string of the molecule is c1ccc(-c2nc3ccccc3nc2-c2cccc(-c3nc4ccccc4nc3-c3ccc(-c4cccc5sc6ccccc6c45)cc3)c2)cc1.c1ccc(N(c2ccccc2)c2cccc(-c3nc4ccccc4nc3-c3ccc(-c4cccc5sc6ccccc6c45)cc3)c2)cc1.c1ccc2nc(-c3cccc4sc5ccccc5c34)c(-c3cccc4sc5ccccc5c34)nc2c1. The van der Waals surface area contributed by atoms with Gasteiger partial charge in [-0.3, -0.25) is 0 Å². The van der Waals surface area contributed by atoms with Crippen molar-refractivity contribution in [2.45, 2.75) is 0 Å². The molecule has 0 aliphatic carbocycles. The van der Waals surface area contributed by atoms with Gasteiger partial charge in [0, 0.05) is 142 Å². The third-order valence-corrected chi connectivity index (χ3v) is 29.7. The minimum absolute atomic E-state index is 0.823. The molecule has 0 bridgehead atoms. The van der Waals surface area contributed by atoms with E-state index in [1.165, 1.54) is 103 Å². The van der Waals surface area contributed by atoms with Crippen molar-refractivity contribution in [1.29, 1.82) is 0 Å². The maximum absolute atomic E-state index is 5.28. The first-order chi connectivity index (χ1) is 66.9. The smallest absolute Gasteiger partial charge is 0.0980 e. The number of thiophene rings is 4. The molecule has 13 heteroatoms. The molecule has 8 heterocycles. The Morgan fingerprint density at radius 1 is 0.141 bits per heavy atom. The lowest BCUT2D eigenvalue weighted by molar-refractivity contribution is 1.27. The largest absolute Gasteiger partial charge is 0.310 e. The van der Waals surface area contributed by atoms with E-state index >= 15 is 0 Å². The summed E-state index contributed by atoms with van der Waals surface area (Å²) in [5.41, 5.74) is 30.3. The number of fused-ring (bicyclic) bond motifs is 16. The van der Waals surface area contributed by atoms with Crippen LogP contribution in [0.4, 0.5) is 17.1 Å². The van der Waals surface area contributed by atoms with Crippen molar-refractivity contribution < 1.29 is 0 Å². The molecular weight excluding hydrogens is 1720 g/mol. The molecule has 135 heavy (non-hydrogen) atoms. The fourth-order valence-corrected chi connectivity index (χ4v) is 23.5. The van der Waals surface area contributed by atoms with Crippen molar-refractivity contribution in [3.05, 3.63) is 455 Å². The zero-order valence-corrected chi connectivity index (χ0v) is 75.7. The van der Waals surface area contributed by atoms with Crippen LogP contribution in [0, 0.1) is 0 Å². The van der Waals surface area contributed by atoms with Gasteiger partial charge >= 0.3 is 0 Å². The van der Waals surface area contributed by atoms with E-state index in [0.717, 1.165) is 151 Å². The topological polar surface area (TPSA) is 106 Å². The molecule has 9 nitrogen and oxygen atoms in total. The average molecular weight is 1800 g/mol. The standard InChI is InChI=1S/C46H28N4S.C44H29N3S.C32H18N2S2/c1-2-12-30(13-3-1)43-45(49-38-20-7-5-18-36(38)47-43)32-14-10-15-33(28-32)46-44(48-37-19-6-8-21-39(37)50-46)31-26-24-29(25-27-31)34-17-11-23-41-42(34)35-16-4-9-22-40(35)51-41;1-3-14-33(15-4-1)47(34-16-5-2-6-17-34)35-18-11-13-32(29-35)44-43(45-38-21-8-9-22-39(38)46-44)31-27-25-30(26-28-31)36-20-12-24-41-42(36)37-19-7-10-23-40(37)48-41;1-5-15-25-19(9-1)29-21(11-7-17-27(29)35-25)31-32(34-24-14-4-3-13-23(24)33-31)22-12-8-18-28-30(22)20-10-2-6-16-26(20)36-28/h1-28H;1-29H;1-18H. The minimum atomic E-state index is 0.823. The molecule has 0 N–H and O–H groups in total. The molecule has 0 fully saturated rings. The highest BCUT2D eigenvalue weighted by atomic mass is 32.1. The van der Waals surface area contributed by atoms with Crippen molar-refractivity contribution in [3.63, 3.8) is 0 Å². The van der Waals surface area contributed by atoms with Crippen LogP contribution >= 0.6 is 45.3 Å². The number of benzene rings is 19. The second-order valence-electron chi connectivity index (χ2n) is 33.4. The van der Waals surface area contributed by atoms with Gasteiger partial charge in [0.1, 0.15) is 0 Å². The Labute approximate surface area is 793 Å². The van der Waals surface area contributed by atoms with Gasteiger partial charge in [0.2, 0.25) is 0 Å². The Kier molecular flexibility index (Phi) is 20.5. The Morgan fingerprint density at radius 3 is 0.689 bits per heavy atom. The van der Waals surface area contributed by atoms with Crippen molar-refractivity contribution in [2.24, 2.45) is 0 Å². The van der Waals surface area contributed by atoms with Gasteiger partial charge in [0.25, 0.3) is 0 Å². The van der Waals surface area contributed by atoms with Crippen LogP contribution in [0.1, 0.15) is 0 Å². The highest BCUT2D eigenvalue weighted by Gasteiger charge is 2.26. The minimum Gasteiger partial charge on any atom is -0.310 e. The summed E-state index contributed by atoms with van der Waals surface area (Å²) < 4.78 is 10.4. The summed E-state index contributed by atoms with van der Waals surface area (Å²) in [7, 11) is 0. The molecule has 8 aromatic heterocycles. The van der Waals surface area contributed by atoms with E-state index < -0.39 is 0 Å². The molecular formula is C122H75N9S4. The predicted molar refractivity (Wildman–Crippen MR) is 572 cm³/mol. The Balaban J connectivity index is 0.000000110. The lowest BCUT2D eigenvalue weighted by Crippen LogP contribution is -2.09. The fourth-order valence-electron chi connectivity index (χ4n) is 19.0. The zero-order valence-electron chi connectivity index (χ0n) is 72.5. The van der Waals surface area contributed by atoms with Crippen LogP contribution < -0.4 is 4.90 Å². The lowest BCUT2D eigenvalue weighted by atomic mass is 9.96. The maximum atomic E-state index is 5.28. The molecule has 19 aromatic carbocycles. The molecule has 0 aliphatic rings. The van der Waals surface area contributed by atoms with Crippen LogP contribution in [-0.2, 0) is 0 Å². The maximum Gasteiger partial charge on any atom is 0.0980 e. The van der Waals surface area contributed by atoms with Gasteiger partial charge in [-0.1, -0.05) is 315 Å². The third-order valence-electron chi connectivity index (χ3n) is 25.2. The van der Waals surface area contributed by atoms with Gasteiger partial charge in [-0.15, -0.1) is 45.3 Å². The van der Waals surface area contributed by atoms with Gasteiger partial charge in [-0.25, -0.2) is 39.9 Å². The average Bonchev–Trinajstić information content (AvgIpc) is 0.847. The van der Waals surface area contributed by atoms with E-state index in [1.54, 1.807) is 0 Å². The molecule has 0 amide bonds. The molecule has 0 aliphatic heterocycles. The van der Waals surface area contributed by atoms with Gasteiger partial charge in [0.15, 0.2) is 0 Å². The number of rotatable bonds is 13. The Hall–Kier alpha value is -16.8. The molecule has 0 saturated heterocycles. The second kappa shape index (κ2) is 34.5. The first-order valence-corrected chi connectivity index (χ1v) is 48.3. The highest BCUT2D eigenvalue weighted by Crippen LogP contribution is 2.49. The lowest BCUT2D eigenvalue weighted by Gasteiger charge is -2.26. The summed E-state index contributed by atoms with van der Waals surface area (Å²) in [6, 6.07) is 159. The van der Waals surface area contributed by atoms with E-state index in [-0.39, 0.29) is 0 Å². The zero-order chi connectivity index (χ0) is 89.2. The highest BCUT2D eigenvalue weighted by molar-refractivity contribution is 7.27. The van der Waals surface area contributed by atoms with Gasteiger partial charge in [-0.2, -0.15) is 0 Å². The summed E-state index contributed by atoms with van der Waals surface area (Å²) >= 11 is 7.36. The Morgan fingerprint density at radius 2 is 0.356 bits per heavy atom. The molecule has 0 unspecified atom stereocenters. The van der Waals surface area contributed by atoms with Gasteiger partial charge in [0.05, 0.1) is 89.7 Å². The molecule has 0 atom stereocenters. The summed E-state index contributed by atoms with van der Waals surface area (Å²) in [6.07, 6.45) is 0. The summed E-state index contributed by atoms with van der Waals surface area (Å²) in [5, 5.41) is 10.3. The van der Waals surface area contributed by atoms with Gasteiger partial charge in [-0.05, 0) is 162 Å². The number of hydrogen-bond donors (Lipinski definition) is 0. The first kappa shape index (κ1) is 80.3. The van der Waals surface area contributed by atoms with E-state index in [9.17, 15) is 0 Å². The molecule has 27 rings (SSSR count). The number of para-hydroxylation sites is 10. The predicted octanol–water partition coefficient (Wildman–Crippen LogP) is 34.4. The van der Waals surface area contributed by atoms with Crippen LogP contribution in [-0.4, -0.2) is 39.9 Å². The number of aromatic nitrogens is 8. The van der Waals surface area contributed by atoms with E-state index in [2.05, 4.69) is 345 Å². The normalized spacial score (nSPS) is 11.6. The number of anilines is 3.